The Kier molecular flexibility index (Phi) is 5.73. The first-order valence-corrected chi connectivity index (χ1v) is 11.0. The molecule has 162 valence electrons. The number of benzene rings is 2. The summed E-state index contributed by atoms with van der Waals surface area (Å²) in [5.74, 6) is 1.99. The molecule has 1 aliphatic rings. The van der Waals surface area contributed by atoms with Gasteiger partial charge >= 0.3 is 0 Å². The number of aryl methyl sites for hydroxylation is 2. The zero-order valence-corrected chi connectivity index (χ0v) is 18.5. The highest BCUT2D eigenvalue weighted by molar-refractivity contribution is 5.79. The van der Waals surface area contributed by atoms with Crippen molar-refractivity contribution in [3.05, 3.63) is 90.0 Å². The summed E-state index contributed by atoms with van der Waals surface area (Å²) in [6, 6.07) is 21.0. The highest BCUT2D eigenvalue weighted by atomic mass is 16.5. The van der Waals surface area contributed by atoms with Gasteiger partial charge in [0.05, 0.1) is 37.8 Å². The van der Waals surface area contributed by atoms with Crippen LogP contribution in [0.4, 0.5) is 0 Å². The van der Waals surface area contributed by atoms with Crippen molar-refractivity contribution >= 4 is 0 Å². The Balaban J connectivity index is 1.43. The van der Waals surface area contributed by atoms with Crippen molar-refractivity contribution in [3.8, 4) is 28.3 Å². The van der Waals surface area contributed by atoms with E-state index >= 15 is 0 Å². The number of ether oxygens (including phenoxy) is 2. The van der Waals surface area contributed by atoms with Crippen LogP contribution in [0, 0.1) is 6.92 Å². The van der Waals surface area contributed by atoms with E-state index in [2.05, 4.69) is 52.9 Å². The Hall–Kier alpha value is -3.44. The van der Waals surface area contributed by atoms with Crippen LogP contribution < -0.4 is 4.74 Å². The van der Waals surface area contributed by atoms with Gasteiger partial charge in [-0.25, -0.2) is 4.98 Å². The van der Waals surface area contributed by atoms with Gasteiger partial charge in [-0.05, 0) is 49.2 Å². The predicted molar refractivity (Wildman–Crippen MR) is 126 cm³/mol. The van der Waals surface area contributed by atoms with Crippen LogP contribution in [0.3, 0.4) is 0 Å². The summed E-state index contributed by atoms with van der Waals surface area (Å²) in [6.45, 7) is 3.36. The highest BCUT2D eigenvalue weighted by Gasteiger charge is 2.30. The molecule has 0 saturated heterocycles. The topological polar surface area (TPSA) is 49.2 Å². The molecule has 5 heteroatoms. The molecule has 1 aliphatic heterocycles. The van der Waals surface area contributed by atoms with E-state index in [0.717, 1.165) is 52.5 Å². The lowest BCUT2D eigenvalue weighted by molar-refractivity contribution is 0.0925. The second-order valence-corrected chi connectivity index (χ2v) is 8.26. The minimum absolute atomic E-state index is 0.262. The monoisotopic (exact) mass is 425 g/mol. The van der Waals surface area contributed by atoms with Crippen molar-refractivity contribution in [1.82, 2.24) is 14.5 Å². The smallest absolute Gasteiger partial charge is 0.118 e. The lowest BCUT2D eigenvalue weighted by atomic mass is 10.0. The van der Waals surface area contributed by atoms with Gasteiger partial charge in [0, 0.05) is 29.9 Å². The van der Waals surface area contributed by atoms with Gasteiger partial charge in [-0.3, -0.25) is 4.98 Å². The molecule has 5 rings (SSSR count). The Bertz CT molecular complexity index is 1200. The van der Waals surface area contributed by atoms with Gasteiger partial charge in [0.2, 0.25) is 0 Å². The summed E-state index contributed by atoms with van der Waals surface area (Å²) in [4.78, 5) is 9.30. The number of hydrogen-bond donors (Lipinski definition) is 0. The Morgan fingerprint density at radius 3 is 2.56 bits per heavy atom. The zero-order valence-electron chi connectivity index (χ0n) is 18.5. The van der Waals surface area contributed by atoms with Crippen molar-refractivity contribution in [2.45, 2.75) is 32.4 Å². The number of rotatable bonds is 7. The molecule has 3 heterocycles. The van der Waals surface area contributed by atoms with E-state index in [1.54, 1.807) is 7.11 Å². The molecule has 0 radical (unpaired) electrons. The van der Waals surface area contributed by atoms with Crippen molar-refractivity contribution in [2.24, 2.45) is 0 Å². The lowest BCUT2D eigenvalue weighted by Crippen LogP contribution is -2.13. The van der Waals surface area contributed by atoms with Crippen LogP contribution in [-0.4, -0.2) is 28.3 Å². The highest BCUT2D eigenvalue weighted by Crippen LogP contribution is 2.39. The molecule has 0 fully saturated rings. The molecule has 5 nitrogen and oxygen atoms in total. The number of hydrogen-bond acceptors (Lipinski definition) is 4. The third-order valence-electron chi connectivity index (χ3n) is 6.03. The summed E-state index contributed by atoms with van der Waals surface area (Å²) in [5, 5.41) is 0. The van der Waals surface area contributed by atoms with Gasteiger partial charge in [0.1, 0.15) is 11.6 Å². The van der Waals surface area contributed by atoms with Crippen LogP contribution in [-0.2, 0) is 17.8 Å². The number of methoxy groups -OCH3 is 1. The van der Waals surface area contributed by atoms with E-state index in [1.165, 1.54) is 5.56 Å². The third-order valence-corrected chi connectivity index (χ3v) is 6.03. The second kappa shape index (κ2) is 8.97. The molecule has 32 heavy (non-hydrogen) atoms. The lowest BCUT2D eigenvalue weighted by Gasteiger charge is -2.18. The molecule has 0 unspecified atom stereocenters. The molecule has 2 aromatic carbocycles. The van der Waals surface area contributed by atoms with Crippen LogP contribution >= 0.6 is 0 Å². The SMILES string of the molecule is COc1ccc(COC[C@@H]2CCc3nc(-c4cccc(C)c4)c(-c4ccncc4)n32)cc1. The van der Waals surface area contributed by atoms with Crippen LogP contribution in [0.2, 0.25) is 0 Å². The first-order valence-electron chi connectivity index (χ1n) is 11.0. The average Bonchev–Trinajstić information content (AvgIpc) is 3.40. The maximum Gasteiger partial charge on any atom is 0.118 e. The van der Waals surface area contributed by atoms with Crippen LogP contribution in [0.1, 0.15) is 29.4 Å². The molecular formula is C27H27N3O2. The maximum atomic E-state index is 6.16. The van der Waals surface area contributed by atoms with Crippen LogP contribution in [0.15, 0.2) is 73.1 Å². The van der Waals surface area contributed by atoms with E-state index in [9.17, 15) is 0 Å². The second-order valence-electron chi connectivity index (χ2n) is 8.26. The maximum absolute atomic E-state index is 6.16. The van der Waals surface area contributed by atoms with Gasteiger partial charge in [-0.1, -0.05) is 35.9 Å². The minimum Gasteiger partial charge on any atom is -0.497 e. The molecule has 0 aliphatic carbocycles. The fourth-order valence-electron chi connectivity index (χ4n) is 4.45. The van der Waals surface area contributed by atoms with E-state index in [4.69, 9.17) is 14.5 Å². The summed E-state index contributed by atoms with van der Waals surface area (Å²) in [7, 11) is 1.68. The van der Waals surface area contributed by atoms with Crippen molar-refractivity contribution in [1.29, 1.82) is 0 Å². The number of fused-ring (bicyclic) bond motifs is 1. The van der Waals surface area contributed by atoms with Crippen LogP contribution in [0.5, 0.6) is 5.75 Å². The summed E-state index contributed by atoms with van der Waals surface area (Å²) < 4.78 is 13.8. The largest absolute Gasteiger partial charge is 0.497 e. The summed E-state index contributed by atoms with van der Waals surface area (Å²) in [6.07, 6.45) is 5.69. The van der Waals surface area contributed by atoms with E-state index < -0.39 is 0 Å². The molecule has 0 amide bonds. The van der Waals surface area contributed by atoms with Crippen molar-refractivity contribution < 1.29 is 9.47 Å². The minimum atomic E-state index is 0.262. The number of nitrogens with zero attached hydrogens (tertiary/aromatic N) is 3. The van der Waals surface area contributed by atoms with Gasteiger partial charge in [-0.15, -0.1) is 0 Å². The first kappa shape index (κ1) is 20.5. The Morgan fingerprint density at radius 1 is 1.00 bits per heavy atom. The van der Waals surface area contributed by atoms with E-state index in [0.29, 0.717) is 13.2 Å². The zero-order chi connectivity index (χ0) is 21.9. The average molecular weight is 426 g/mol. The third kappa shape index (κ3) is 4.04. The normalized spacial score (nSPS) is 15.0. The van der Waals surface area contributed by atoms with Crippen molar-refractivity contribution in [2.75, 3.05) is 13.7 Å². The first-order chi connectivity index (χ1) is 15.7. The predicted octanol–water partition coefficient (Wildman–Crippen LogP) is 5.63. The van der Waals surface area contributed by atoms with Gasteiger partial charge < -0.3 is 14.0 Å². The number of pyridine rings is 1. The van der Waals surface area contributed by atoms with E-state index in [1.807, 2.05) is 36.7 Å². The molecule has 1 atom stereocenters. The Morgan fingerprint density at radius 2 is 1.81 bits per heavy atom. The fourth-order valence-corrected chi connectivity index (χ4v) is 4.45. The molecule has 2 aromatic heterocycles. The molecule has 0 N–H and O–H groups in total. The van der Waals surface area contributed by atoms with E-state index in [-0.39, 0.29) is 6.04 Å². The van der Waals surface area contributed by atoms with Gasteiger partial charge in [0.15, 0.2) is 0 Å². The van der Waals surface area contributed by atoms with Gasteiger partial charge in [0.25, 0.3) is 0 Å². The van der Waals surface area contributed by atoms with Crippen molar-refractivity contribution in [3.63, 3.8) is 0 Å². The molecule has 0 bridgehead atoms. The standard InChI is InChI=1S/C27H27N3O2/c1-19-4-3-5-22(16-19)26-27(21-12-14-28-15-13-21)30-23(8-11-25(30)29-26)18-32-17-20-6-9-24(31-2)10-7-20/h3-7,9-10,12-16,23H,8,11,17-18H2,1-2H3/t23-/m0/s1. The fraction of sp³-hybridized carbons (Fsp3) is 0.259. The molecular weight excluding hydrogens is 398 g/mol. The summed E-state index contributed by atoms with van der Waals surface area (Å²) >= 11 is 0. The van der Waals surface area contributed by atoms with Crippen LogP contribution in [0.25, 0.3) is 22.5 Å². The molecule has 0 saturated carbocycles. The number of imidazole rings is 1. The molecule has 0 spiro atoms. The Labute approximate surface area is 188 Å². The quantitative estimate of drug-likeness (QED) is 0.385. The number of aromatic nitrogens is 3. The van der Waals surface area contributed by atoms with Gasteiger partial charge in [-0.2, -0.15) is 0 Å². The molecule has 4 aromatic rings. The summed E-state index contributed by atoms with van der Waals surface area (Å²) in [5.41, 5.74) is 6.85.